The number of aromatic nitrogens is 1. The van der Waals surface area contributed by atoms with Gasteiger partial charge in [0.25, 0.3) is 0 Å². The van der Waals surface area contributed by atoms with Gasteiger partial charge in [-0.3, -0.25) is 4.79 Å². The summed E-state index contributed by atoms with van der Waals surface area (Å²) in [6.45, 7) is 5.45. The zero-order valence-electron chi connectivity index (χ0n) is 14.5. The maximum absolute atomic E-state index is 12.5. The second-order valence-electron chi connectivity index (χ2n) is 6.40. The maximum atomic E-state index is 12.5. The van der Waals surface area contributed by atoms with Crippen LogP contribution in [0.1, 0.15) is 41.3 Å². The Morgan fingerprint density at radius 1 is 1.33 bits per heavy atom. The number of rotatable bonds is 5. The van der Waals surface area contributed by atoms with Crippen molar-refractivity contribution in [2.75, 3.05) is 20.2 Å². The molecule has 2 heterocycles. The van der Waals surface area contributed by atoms with Crippen LogP contribution in [-0.4, -0.2) is 36.2 Å². The molecule has 0 aliphatic carbocycles. The molecule has 128 valence electrons. The number of hydrogen-bond acceptors (Lipinski definition) is 4. The molecule has 0 spiro atoms. The second-order valence-corrected chi connectivity index (χ2v) is 6.40. The first-order valence-corrected chi connectivity index (χ1v) is 8.42. The lowest BCUT2D eigenvalue weighted by atomic mass is 9.98. The van der Waals surface area contributed by atoms with Gasteiger partial charge in [-0.05, 0) is 44.4 Å². The third-order valence-electron chi connectivity index (χ3n) is 4.90. The Labute approximate surface area is 142 Å². The van der Waals surface area contributed by atoms with Crippen LogP contribution in [0.4, 0.5) is 0 Å². The summed E-state index contributed by atoms with van der Waals surface area (Å²) in [7, 11) is 1.67. The van der Waals surface area contributed by atoms with Crippen LogP contribution in [0.15, 0.2) is 28.8 Å². The number of likely N-dealkylation sites (tertiary alicyclic amines) is 1. The monoisotopic (exact) mass is 328 g/mol. The van der Waals surface area contributed by atoms with Gasteiger partial charge in [0.05, 0.1) is 12.8 Å². The molecule has 1 aliphatic heterocycles. The topological polar surface area (TPSA) is 55.6 Å². The quantitative estimate of drug-likeness (QED) is 0.845. The van der Waals surface area contributed by atoms with E-state index in [-0.39, 0.29) is 5.91 Å². The number of ether oxygens (including phenoxy) is 1. The van der Waals surface area contributed by atoms with E-state index in [9.17, 15) is 4.79 Å². The van der Waals surface area contributed by atoms with Crippen molar-refractivity contribution in [1.29, 1.82) is 0 Å². The lowest BCUT2D eigenvalue weighted by Crippen LogP contribution is -2.28. The van der Waals surface area contributed by atoms with E-state index in [0.29, 0.717) is 18.8 Å². The highest BCUT2D eigenvalue weighted by Crippen LogP contribution is 2.29. The van der Waals surface area contributed by atoms with E-state index >= 15 is 0 Å². The Balaban J connectivity index is 1.55. The van der Waals surface area contributed by atoms with Gasteiger partial charge in [0, 0.05) is 31.0 Å². The third kappa shape index (κ3) is 3.45. The Bertz CT molecular complexity index is 686. The standard InChI is InChI=1S/C19H24N2O3/c1-13-18(14(2)24-20-13)8-9-19(22)21-11-10-16(12-21)15-4-6-17(23-3)7-5-15/h4-7,16H,8-12H2,1-3H3. The van der Waals surface area contributed by atoms with Crippen LogP contribution >= 0.6 is 0 Å². The van der Waals surface area contributed by atoms with Gasteiger partial charge in [-0.25, -0.2) is 0 Å². The Hall–Kier alpha value is -2.30. The molecule has 24 heavy (non-hydrogen) atoms. The van der Waals surface area contributed by atoms with Crippen molar-refractivity contribution in [3.05, 3.63) is 46.8 Å². The third-order valence-corrected chi connectivity index (χ3v) is 4.90. The van der Waals surface area contributed by atoms with Crippen molar-refractivity contribution >= 4 is 5.91 Å². The molecule has 0 bridgehead atoms. The van der Waals surface area contributed by atoms with Crippen LogP contribution in [0.25, 0.3) is 0 Å². The number of carbonyl (C=O) groups is 1. The highest BCUT2D eigenvalue weighted by Gasteiger charge is 2.27. The molecule has 1 aliphatic rings. The van der Waals surface area contributed by atoms with Crippen LogP contribution in [-0.2, 0) is 11.2 Å². The fourth-order valence-electron chi connectivity index (χ4n) is 3.38. The van der Waals surface area contributed by atoms with E-state index in [1.807, 2.05) is 30.9 Å². The summed E-state index contributed by atoms with van der Waals surface area (Å²) in [5, 5.41) is 3.95. The molecule has 3 rings (SSSR count). The van der Waals surface area contributed by atoms with Gasteiger partial charge in [0.2, 0.25) is 5.91 Å². The fraction of sp³-hybridized carbons (Fsp3) is 0.474. The van der Waals surface area contributed by atoms with E-state index in [1.54, 1.807) is 7.11 Å². The summed E-state index contributed by atoms with van der Waals surface area (Å²) < 4.78 is 10.4. The molecule has 5 heteroatoms. The molecular weight excluding hydrogens is 304 g/mol. The zero-order valence-corrected chi connectivity index (χ0v) is 14.5. The number of carbonyl (C=O) groups excluding carboxylic acids is 1. The van der Waals surface area contributed by atoms with Crippen molar-refractivity contribution in [3.8, 4) is 5.75 Å². The molecule has 1 unspecified atom stereocenters. The van der Waals surface area contributed by atoms with Gasteiger partial charge in [-0.15, -0.1) is 0 Å². The zero-order chi connectivity index (χ0) is 17.1. The van der Waals surface area contributed by atoms with Crippen molar-refractivity contribution in [1.82, 2.24) is 10.1 Å². The summed E-state index contributed by atoms with van der Waals surface area (Å²) in [5.41, 5.74) is 3.23. The largest absolute Gasteiger partial charge is 0.497 e. The van der Waals surface area contributed by atoms with Crippen molar-refractivity contribution < 1.29 is 14.1 Å². The van der Waals surface area contributed by atoms with Crippen molar-refractivity contribution in [3.63, 3.8) is 0 Å². The van der Waals surface area contributed by atoms with Crippen LogP contribution in [0.5, 0.6) is 5.75 Å². The van der Waals surface area contributed by atoms with Gasteiger partial charge in [-0.2, -0.15) is 0 Å². The number of methoxy groups -OCH3 is 1. The van der Waals surface area contributed by atoms with Gasteiger partial charge in [0.15, 0.2) is 0 Å². The Morgan fingerprint density at radius 2 is 2.08 bits per heavy atom. The molecule has 5 nitrogen and oxygen atoms in total. The molecule has 1 aromatic carbocycles. The minimum Gasteiger partial charge on any atom is -0.497 e. The van der Waals surface area contributed by atoms with E-state index in [2.05, 4.69) is 17.3 Å². The summed E-state index contributed by atoms with van der Waals surface area (Å²) in [6, 6.07) is 8.16. The number of hydrogen-bond donors (Lipinski definition) is 0. The number of nitrogens with zero attached hydrogens (tertiary/aromatic N) is 2. The first-order valence-electron chi connectivity index (χ1n) is 8.42. The van der Waals surface area contributed by atoms with Gasteiger partial charge < -0.3 is 14.2 Å². The lowest BCUT2D eigenvalue weighted by molar-refractivity contribution is -0.130. The molecule has 2 aromatic rings. The van der Waals surface area contributed by atoms with Crippen molar-refractivity contribution in [2.24, 2.45) is 0 Å². The summed E-state index contributed by atoms with van der Waals surface area (Å²) >= 11 is 0. The molecule has 0 radical (unpaired) electrons. The van der Waals surface area contributed by atoms with Gasteiger partial charge >= 0.3 is 0 Å². The Kier molecular flexibility index (Phi) is 4.88. The Morgan fingerprint density at radius 3 is 2.71 bits per heavy atom. The van der Waals surface area contributed by atoms with Crippen LogP contribution in [0, 0.1) is 13.8 Å². The summed E-state index contributed by atoms with van der Waals surface area (Å²) in [4.78, 5) is 14.5. The second kappa shape index (κ2) is 7.07. The molecule has 1 amide bonds. The lowest BCUT2D eigenvalue weighted by Gasteiger charge is -2.17. The molecule has 1 aromatic heterocycles. The highest BCUT2D eigenvalue weighted by molar-refractivity contribution is 5.77. The molecule has 0 N–H and O–H groups in total. The minimum atomic E-state index is 0.214. The normalized spacial score (nSPS) is 17.3. The maximum Gasteiger partial charge on any atom is 0.222 e. The van der Waals surface area contributed by atoms with Gasteiger partial charge in [-0.1, -0.05) is 17.3 Å². The summed E-state index contributed by atoms with van der Waals surface area (Å²) in [6.07, 6.45) is 2.23. The first-order chi connectivity index (χ1) is 11.6. The smallest absolute Gasteiger partial charge is 0.222 e. The molecule has 0 saturated carbocycles. The predicted octanol–water partition coefficient (Wildman–Crippen LogP) is 3.25. The predicted molar refractivity (Wildman–Crippen MR) is 91.2 cm³/mol. The minimum absolute atomic E-state index is 0.214. The first kappa shape index (κ1) is 16.6. The van der Waals surface area contributed by atoms with E-state index in [4.69, 9.17) is 9.26 Å². The van der Waals surface area contributed by atoms with E-state index in [1.165, 1.54) is 5.56 Å². The van der Waals surface area contributed by atoms with E-state index < -0.39 is 0 Å². The number of aryl methyl sites for hydroxylation is 2. The summed E-state index contributed by atoms with van der Waals surface area (Å²) in [5.74, 6) is 2.31. The van der Waals surface area contributed by atoms with Gasteiger partial charge in [0.1, 0.15) is 11.5 Å². The molecule has 1 fully saturated rings. The molecular formula is C19H24N2O3. The number of amides is 1. The number of benzene rings is 1. The van der Waals surface area contributed by atoms with Crippen molar-refractivity contribution in [2.45, 2.75) is 39.0 Å². The highest BCUT2D eigenvalue weighted by atomic mass is 16.5. The fourth-order valence-corrected chi connectivity index (χ4v) is 3.38. The molecule has 1 saturated heterocycles. The van der Waals surface area contributed by atoms with Crippen LogP contribution in [0.2, 0.25) is 0 Å². The van der Waals surface area contributed by atoms with Crippen LogP contribution in [0.3, 0.4) is 0 Å². The average Bonchev–Trinajstić information content (AvgIpc) is 3.21. The van der Waals surface area contributed by atoms with Crippen LogP contribution < -0.4 is 4.74 Å². The average molecular weight is 328 g/mol. The molecule has 1 atom stereocenters. The SMILES string of the molecule is COc1ccc(C2CCN(C(=O)CCc3c(C)noc3C)C2)cc1. The van der Waals surface area contributed by atoms with E-state index in [0.717, 1.165) is 42.3 Å².